The quantitative estimate of drug-likeness (QED) is 0.450. The van der Waals surface area contributed by atoms with Crippen LogP contribution in [0.25, 0.3) is 0 Å². The van der Waals surface area contributed by atoms with Crippen molar-refractivity contribution in [3.8, 4) is 0 Å². The summed E-state index contributed by atoms with van der Waals surface area (Å²) in [5, 5.41) is 9.11. The maximum atomic E-state index is 12.5. The molecule has 0 aliphatic rings. The van der Waals surface area contributed by atoms with Gasteiger partial charge < -0.3 is 4.57 Å². The van der Waals surface area contributed by atoms with Crippen molar-refractivity contribution < 1.29 is 13.2 Å². The number of aromatic nitrogens is 4. The Hall–Kier alpha value is -2.65. The molecular weight excluding hydrogens is 396 g/mol. The van der Waals surface area contributed by atoms with E-state index in [9.17, 15) is 4.79 Å². The highest BCUT2D eigenvalue weighted by Gasteiger charge is 2.13. The van der Waals surface area contributed by atoms with Crippen LogP contribution in [0.4, 0.5) is 0 Å². The summed E-state index contributed by atoms with van der Waals surface area (Å²) >= 11 is 0.898. The van der Waals surface area contributed by atoms with Gasteiger partial charge in [-0.2, -0.15) is 8.42 Å². The van der Waals surface area contributed by atoms with Crippen LogP contribution < -0.4 is 0 Å². The Morgan fingerprint density at radius 1 is 1.18 bits per heavy atom. The molecule has 2 heterocycles. The second-order valence-electron chi connectivity index (χ2n) is 6.06. The molecule has 0 spiro atoms. The molecule has 1 atom stereocenters. The summed E-state index contributed by atoms with van der Waals surface area (Å²) in [5.74, 6) is 0.0365. The number of pyridine rings is 1. The van der Waals surface area contributed by atoms with Gasteiger partial charge >= 0.3 is 11.6 Å². The Morgan fingerprint density at radius 2 is 1.89 bits per heavy atom. The molecule has 3 aromatic rings. The van der Waals surface area contributed by atoms with Crippen molar-refractivity contribution in [3.63, 3.8) is 0 Å². The number of aryl methyl sites for hydroxylation is 2. The third-order valence-electron chi connectivity index (χ3n) is 3.91. The lowest BCUT2D eigenvalue weighted by Gasteiger charge is -2.12. The van der Waals surface area contributed by atoms with Crippen LogP contribution in [0, 0.1) is 6.92 Å². The molecule has 146 valence electrons. The second kappa shape index (κ2) is 10.6. The van der Waals surface area contributed by atoms with Crippen LogP contribution >= 0.6 is 11.8 Å². The minimum absolute atomic E-state index is 0.0365. The van der Waals surface area contributed by atoms with E-state index in [1.54, 1.807) is 24.2 Å². The molecule has 0 amide bonds. The number of Topliss-reactive ketones (excluding diaryl/α,β-unsaturated/α-hetero) is 1. The van der Waals surface area contributed by atoms with Crippen molar-refractivity contribution in [3.05, 3.63) is 71.3 Å². The van der Waals surface area contributed by atoms with Crippen LogP contribution in [0.3, 0.4) is 0 Å². The molecule has 0 N–H and O–H groups in total. The van der Waals surface area contributed by atoms with Crippen molar-refractivity contribution in [1.29, 1.82) is 0 Å². The van der Waals surface area contributed by atoms with Crippen LogP contribution in [0.5, 0.6) is 0 Å². The fourth-order valence-electron chi connectivity index (χ4n) is 2.54. The van der Waals surface area contributed by atoms with Gasteiger partial charge in [-0.25, -0.2) is 0 Å². The van der Waals surface area contributed by atoms with Gasteiger partial charge in [-0.1, -0.05) is 42.1 Å². The minimum atomic E-state index is -0.750. The first kappa shape index (κ1) is 21.6. The third-order valence-corrected chi connectivity index (χ3v) is 5.12. The maximum absolute atomic E-state index is 12.5. The van der Waals surface area contributed by atoms with Crippen LogP contribution in [0.15, 0.2) is 53.9 Å². The average Bonchev–Trinajstić information content (AvgIpc) is 3.07. The molecule has 1 aromatic carbocycles. The summed E-state index contributed by atoms with van der Waals surface area (Å²) in [6.45, 7) is 4.02. The predicted molar refractivity (Wildman–Crippen MR) is 108 cm³/mol. The van der Waals surface area contributed by atoms with E-state index in [2.05, 4.69) is 34.2 Å². The molecule has 0 aliphatic heterocycles. The number of thioether (sulfide) groups is 1. The number of carbonyl (C=O) groups is 1. The largest absolute Gasteiger partial charge is 0.335 e. The first-order valence-electron chi connectivity index (χ1n) is 8.42. The van der Waals surface area contributed by atoms with Crippen LogP contribution in [-0.4, -0.2) is 33.9 Å². The molecule has 0 saturated carbocycles. The van der Waals surface area contributed by atoms with Gasteiger partial charge in [0, 0.05) is 24.4 Å². The number of rotatable bonds is 6. The van der Waals surface area contributed by atoms with Gasteiger partial charge in [-0.15, -0.1) is 10.2 Å². The molecule has 2 aromatic heterocycles. The highest BCUT2D eigenvalue weighted by atomic mass is 32.2. The van der Waals surface area contributed by atoms with Gasteiger partial charge in [0.05, 0.1) is 0 Å². The summed E-state index contributed by atoms with van der Waals surface area (Å²) in [6, 6.07) is 13.7. The van der Waals surface area contributed by atoms with Gasteiger partial charge in [0.1, 0.15) is 12.0 Å². The number of nitrogens with zero attached hydrogens (tertiary/aromatic N) is 4. The standard InChI is InChI=1S/C19H20N4OS.O2S/c1-13-6-4-9-17(21-13)18(24)11-15-7-5-8-16(10-15)14(2)25-19-22-20-12-23(19)3;1-3-2/h4-10,12,14H,11H2,1-3H3;/t14-;/m0./s1. The Kier molecular flexibility index (Phi) is 8.21. The Bertz CT molecular complexity index is 985. The van der Waals surface area contributed by atoms with Crippen molar-refractivity contribution in [2.24, 2.45) is 7.05 Å². The molecular formula is C19H20N4O3S2. The lowest BCUT2D eigenvalue weighted by Crippen LogP contribution is -2.07. The summed E-state index contributed by atoms with van der Waals surface area (Å²) in [4.78, 5) is 16.8. The fourth-order valence-corrected chi connectivity index (χ4v) is 3.44. The topological polar surface area (TPSA) is 94.8 Å². The lowest BCUT2D eigenvalue weighted by molar-refractivity contribution is 0.0988. The maximum Gasteiger partial charge on any atom is 0.335 e. The summed E-state index contributed by atoms with van der Waals surface area (Å²) < 4.78 is 18.5. The zero-order valence-electron chi connectivity index (χ0n) is 15.7. The molecule has 7 nitrogen and oxygen atoms in total. The second-order valence-corrected chi connectivity index (χ2v) is 7.51. The molecule has 0 radical (unpaired) electrons. The van der Waals surface area contributed by atoms with Crippen molar-refractivity contribution in [1.82, 2.24) is 19.7 Å². The average molecular weight is 417 g/mol. The molecule has 0 bridgehead atoms. The zero-order valence-corrected chi connectivity index (χ0v) is 17.4. The predicted octanol–water partition coefficient (Wildman–Crippen LogP) is 3.13. The van der Waals surface area contributed by atoms with E-state index in [1.807, 2.05) is 42.8 Å². The zero-order chi connectivity index (χ0) is 20.5. The van der Waals surface area contributed by atoms with E-state index < -0.39 is 11.6 Å². The first-order valence-corrected chi connectivity index (χ1v) is 9.97. The van der Waals surface area contributed by atoms with E-state index in [-0.39, 0.29) is 11.0 Å². The first-order chi connectivity index (χ1) is 13.4. The molecule has 0 aliphatic carbocycles. The molecule has 28 heavy (non-hydrogen) atoms. The SMILES string of the molecule is Cc1cccc(C(=O)Cc2cccc([C@H](C)Sc3nncn3C)c2)n1.O=S=O. The Balaban J connectivity index is 0.000000878. The molecule has 0 fully saturated rings. The Labute approximate surface area is 171 Å². The number of carbonyl (C=O) groups excluding carboxylic acids is 1. The number of hydrogen-bond acceptors (Lipinski definition) is 7. The van der Waals surface area contributed by atoms with Gasteiger partial charge in [0.15, 0.2) is 10.9 Å². The smallest absolute Gasteiger partial charge is 0.312 e. The van der Waals surface area contributed by atoms with Gasteiger partial charge in [0.2, 0.25) is 0 Å². The Morgan fingerprint density at radius 3 is 2.54 bits per heavy atom. The monoisotopic (exact) mass is 416 g/mol. The summed E-state index contributed by atoms with van der Waals surface area (Å²) in [6.07, 6.45) is 2.05. The van der Waals surface area contributed by atoms with E-state index in [0.29, 0.717) is 12.1 Å². The number of ketones is 1. The van der Waals surface area contributed by atoms with Gasteiger partial charge in [-0.3, -0.25) is 9.78 Å². The van der Waals surface area contributed by atoms with Crippen molar-refractivity contribution in [2.75, 3.05) is 0 Å². The summed E-state index contributed by atoms with van der Waals surface area (Å²) in [7, 11) is 1.93. The third kappa shape index (κ3) is 6.21. The highest BCUT2D eigenvalue weighted by molar-refractivity contribution is 7.99. The van der Waals surface area contributed by atoms with Crippen LogP contribution in [0.1, 0.15) is 39.5 Å². The van der Waals surface area contributed by atoms with Gasteiger partial charge in [-0.05, 0) is 37.1 Å². The normalized spacial score (nSPS) is 11.2. The van der Waals surface area contributed by atoms with Gasteiger partial charge in [0.25, 0.3) is 0 Å². The lowest BCUT2D eigenvalue weighted by atomic mass is 10.0. The van der Waals surface area contributed by atoms with Crippen LogP contribution in [0.2, 0.25) is 0 Å². The molecule has 3 rings (SSSR count). The van der Waals surface area contributed by atoms with E-state index >= 15 is 0 Å². The van der Waals surface area contributed by atoms with Crippen molar-refractivity contribution >= 4 is 29.1 Å². The van der Waals surface area contributed by atoms with E-state index in [4.69, 9.17) is 8.42 Å². The highest BCUT2D eigenvalue weighted by Crippen LogP contribution is 2.33. The van der Waals surface area contributed by atoms with Crippen molar-refractivity contribution in [2.45, 2.75) is 30.7 Å². The van der Waals surface area contributed by atoms with Crippen LogP contribution in [-0.2, 0) is 25.0 Å². The summed E-state index contributed by atoms with van der Waals surface area (Å²) in [5.41, 5.74) is 3.53. The molecule has 0 unspecified atom stereocenters. The molecule has 9 heteroatoms. The molecule has 0 saturated heterocycles. The van der Waals surface area contributed by atoms with E-state index in [0.717, 1.165) is 22.0 Å². The minimum Gasteiger partial charge on any atom is -0.312 e. The number of hydrogen-bond donors (Lipinski definition) is 0. The van der Waals surface area contributed by atoms with E-state index in [1.165, 1.54) is 0 Å². The fraction of sp³-hybridized carbons (Fsp3) is 0.263. The number of benzene rings is 1.